The zero-order valence-electron chi connectivity index (χ0n) is 12.9. The van der Waals surface area contributed by atoms with Gasteiger partial charge in [0.1, 0.15) is 5.76 Å². The summed E-state index contributed by atoms with van der Waals surface area (Å²) in [5, 5.41) is 3.39. The van der Waals surface area contributed by atoms with E-state index in [9.17, 15) is 0 Å². The van der Waals surface area contributed by atoms with Crippen molar-refractivity contribution in [2.24, 2.45) is 5.92 Å². The van der Waals surface area contributed by atoms with Gasteiger partial charge in [-0.3, -0.25) is 0 Å². The summed E-state index contributed by atoms with van der Waals surface area (Å²) in [5.41, 5.74) is 0.0696. The Bertz CT molecular complexity index is 422. The van der Waals surface area contributed by atoms with Crippen molar-refractivity contribution in [2.75, 3.05) is 0 Å². The van der Waals surface area contributed by atoms with Gasteiger partial charge in [-0.25, -0.2) is 4.98 Å². The van der Waals surface area contributed by atoms with Crippen LogP contribution >= 0.6 is 0 Å². The van der Waals surface area contributed by atoms with Gasteiger partial charge in [0.15, 0.2) is 0 Å². The van der Waals surface area contributed by atoms with E-state index in [1.54, 1.807) is 0 Å². The predicted molar refractivity (Wildman–Crippen MR) is 75.0 cm³/mol. The Labute approximate surface area is 115 Å². The number of hydrogen-bond acceptors (Lipinski definition) is 4. The highest BCUT2D eigenvalue weighted by Gasteiger charge is 2.40. The second-order valence-electron chi connectivity index (χ2n) is 6.69. The Morgan fingerprint density at radius 2 is 1.89 bits per heavy atom. The van der Waals surface area contributed by atoms with Gasteiger partial charge in [0.25, 0.3) is 0 Å². The van der Waals surface area contributed by atoms with Crippen LogP contribution in [0.1, 0.15) is 59.1 Å². The molecule has 0 spiro atoms. The molecule has 0 amide bonds. The summed E-state index contributed by atoms with van der Waals surface area (Å²) < 4.78 is 11.8. The Balaban J connectivity index is 2.05. The molecular formula is C15H26N2O2. The first kappa shape index (κ1) is 14.5. The second kappa shape index (κ2) is 5.25. The largest absolute Gasteiger partial charge is 0.444 e. The zero-order valence-corrected chi connectivity index (χ0v) is 12.9. The molecule has 0 bridgehead atoms. The van der Waals surface area contributed by atoms with Crippen LogP contribution in [-0.4, -0.2) is 22.7 Å². The van der Waals surface area contributed by atoms with Crippen molar-refractivity contribution >= 4 is 0 Å². The Hall–Kier alpha value is -0.870. The van der Waals surface area contributed by atoms with Crippen LogP contribution in [0.4, 0.5) is 0 Å². The molecule has 4 heteroatoms. The van der Waals surface area contributed by atoms with Gasteiger partial charge in [0.2, 0.25) is 5.89 Å². The molecule has 4 atom stereocenters. The normalized spacial score (nSPS) is 31.9. The summed E-state index contributed by atoms with van der Waals surface area (Å²) in [6.45, 7) is 13.5. The summed E-state index contributed by atoms with van der Waals surface area (Å²) in [6, 6.07) is 0. The summed E-state index contributed by atoms with van der Waals surface area (Å²) in [6.07, 6.45) is 2.33. The minimum absolute atomic E-state index is 0.0696. The third kappa shape index (κ3) is 3.37. The smallest absolute Gasteiger partial charge is 0.208 e. The van der Waals surface area contributed by atoms with Gasteiger partial charge in [-0.1, -0.05) is 6.92 Å². The molecule has 1 aromatic heterocycles. The lowest BCUT2D eigenvalue weighted by Crippen LogP contribution is -2.35. The molecule has 0 radical (unpaired) electrons. The molecule has 1 aliphatic rings. The van der Waals surface area contributed by atoms with Gasteiger partial charge in [-0.15, -0.1) is 0 Å². The van der Waals surface area contributed by atoms with Crippen LogP contribution in [0.5, 0.6) is 0 Å². The van der Waals surface area contributed by atoms with Gasteiger partial charge in [0.05, 0.1) is 24.9 Å². The monoisotopic (exact) mass is 266 g/mol. The van der Waals surface area contributed by atoms with Crippen LogP contribution in [0.3, 0.4) is 0 Å². The maximum absolute atomic E-state index is 5.90. The van der Waals surface area contributed by atoms with E-state index >= 15 is 0 Å². The predicted octanol–water partition coefficient (Wildman–Crippen LogP) is 3.09. The molecule has 0 aliphatic carbocycles. The molecule has 108 valence electrons. The van der Waals surface area contributed by atoms with Gasteiger partial charge in [-0.2, -0.15) is 0 Å². The fourth-order valence-electron chi connectivity index (χ4n) is 2.66. The Morgan fingerprint density at radius 3 is 2.42 bits per heavy atom. The Morgan fingerprint density at radius 1 is 1.21 bits per heavy atom. The molecule has 0 saturated carbocycles. The van der Waals surface area contributed by atoms with Crippen LogP contribution in [0, 0.1) is 5.92 Å². The van der Waals surface area contributed by atoms with Gasteiger partial charge in [0, 0.05) is 11.5 Å². The average Bonchev–Trinajstić information content (AvgIpc) is 2.82. The van der Waals surface area contributed by atoms with Gasteiger partial charge < -0.3 is 14.5 Å². The number of aromatic nitrogens is 1. The quantitative estimate of drug-likeness (QED) is 0.913. The first-order valence-electron chi connectivity index (χ1n) is 7.13. The lowest BCUT2D eigenvalue weighted by Gasteiger charge is -2.19. The number of hydrogen-bond donors (Lipinski definition) is 1. The molecule has 2 rings (SSSR count). The minimum Gasteiger partial charge on any atom is -0.444 e. The molecule has 1 aromatic rings. The topological polar surface area (TPSA) is 47.3 Å². The molecule has 0 aromatic carbocycles. The maximum Gasteiger partial charge on any atom is 0.208 e. The summed E-state index contributed by atoms with van der Waals surface area (Å²) in [7, 11) is 0. The van der Waals surface area contributed by atoms with E-state index in [-0.39, 0.29) is 17.7 Å². The highest BCUT2D eigenvalue weighted by Crippen LogP contribution is 2.39. The number of rotatable bonds is 3. The lowest BCUT2D eigenvalue weighted by atomic mass is 9.88. The zero-order chi connectivity index (χ0) is 14.2. The summed E-state index contributed by atoms with van der Waals surface area (Å²) in [5.74, 6) is 2.48. The maximum atomic E-state index is 5.90. The van der Waals surface area contributed by atoms with Crippen molar-refractivity contribution < 1.29 is 9.15 Å². The first-order chi connectivity index (χ1) is 8.78. The summed E-state index contributed by atoms with van der Waals surface area (Å²) >= 11 is 0. The Kier molecular flexibility index (Phi) is 4.02. The summed E-state index contributed by atoms with van der Waals surface area (Å²) in [4.78, 5) is 4.37. The lowest BCUT2D eigenvalue weighted by molar-refractivity contribution is 0.0547. The van der Waals surface area contributed by atoms with Gasteiger partial charge >= 0.3 is 0 Å². The number of nitrogens with zero attached hydrogens (tertiary/aromatic N) is 1. The SMILES string of the molecule is CC1OC(C)C(c2cnc(CNC(C)(C)C)o2)C1C. The van der Waals surface area contributed by atoms with Gasteiger partial charge in [-0.05, 0) is 40.5 Å². The highest BCUT2D eigenvalue weighted by molar-refractivity contribution is 5.09. The van der Waals surface area contributed by atoms with Crippen LogP contribution in [0.15, 0.2) is 10.6 Å². The van der Waals surface area contributed by atoms with Crippen molar-refractivity contribution in [3.63, 3.8) is 0 Å². The van der Waals surface area contributed by atoms with Crippen LogP contribution < -0.4 is 5.32 Å². The van der Waals surface area contributed by atoms with E-state index in [1.165, 1.54) is 0 Å². The molecule has 1 fully saturated rings. The van der Waals surface area contributed by atoms with Crippen molar-refractivity contribution in [3.8, 4) is 0 Å². The fraction of sp³-hybridized carbons (Fsp3) is 0.800. The van der Waals surface area contributed by atoms with Crippen molar-refractivity contribution in [1.82, 2.24) is 10.3 Å². The minimum atomic E-state index is 0.0696. The molecule has 1 saturated heterocycles. The third-order valence-corrected chi connectivity index (χ3v) is 3.91. The molecule has 19 heavy (non-hydrogen) atoms. The van der Waals surface area contributed by atoms with Crippen molar-refractivity contribution in [1.29, 1.82) is 0 Å². The number of nitrogens with one attached hydrogen (secondary N) is 1. The first-order valence-corrected chi connectivity index (χ1v) is 7.13. The average molecular weight is 266 g/mol. The molecule has 4 nitrogen and oxygen atoms in total. The third-order valence-electron chi connectivity index (χ3n) is 3.91. The van der Waals surface area contributed by atoms with Crippen LogP contribution in [0.25, 0.3) is 0 Å². The highest BCUT2D eigenvalue weighted by atomic mass is 16.5. The van der Waals surface area contributed by atoms with E-state index in [0.717, 1.165) is 11.7 Å². The molecule has 1 N–H and O–H groups in total. The molecular weight excluding hydrogens is 240 g/mol. The molecule has 1 aliphatic heterocycles. The van der Waals surface area contributed by atoms with E-state index in [1.807, 2.05) is 6.20 Å². The van der Waals surface area contributed by atoms with Crippen molar-refractivity contribution in [3.05, 3.63) is 17.8 Å². The van der Waals surface area contributed by atoms with Crippen LogP contribution in [-0.2, 0) is 11.3 Å². The number of ether oxygens (including phenoxy) is 1. The standard InChI is InChI=1S/C15H26N2O2/c1-9-10(2)18-11(3)14(9)12-7-16-13(19-12)8-17-15(4,5)6/h7,9-11,14,17H,8H2,1-6H3. The number of oxazole rings is 1. The molecule has 4 unspecified atom stereocenters. The molecule has 2 heterocycles. The fourth-order valence-corrected chi connectivity index (χ4v) is 2.66. The second-order valence-corrected chi connectivity index (χ2v) is 6.69. The van der Waals surface area contributed by atoms with E-state index in [0.29, 0.717) is 18.4 Å². The van der Waals surface area contributed by atoms with E-state index in [2.05, 4.69) is 51.8 Å². The van der Waals surface area contributed by atoms with Crippen molar-refractivity contribution in [2.45, 2.75) is 71.8 Å². The van der Waals surface area contributed by atoms with E-state index in [4.69, 9.17) is 9.15 Å². The van der Waals surface area contributed by atoms with Crippen LogP contribution in [0.2, 0.25) is 0 Å². The van der Waals surface area contributed by atoms with E-state index < -0.39 is 0 Å².